The van der Waals surface area contributed by atoms with Crippen molar-refractivity contribution in [1.29, 1.82) is 0 Å². The first-order valence-corrected chi connectivity index (χ1v) is 4.95. The van der Waals surface area contributed by atoms with Gasteiger partial charge in [0.05, 0.1) is 6.10 Å². The molecule has 3 N–H and O–H groups in total. The summed E-state index contributed by atoms with van der Waals surface area (Å²) in [5.41, 5.74) is 7.84. The molecule has 2 nitrogen and oxygen atoms in total. The molecule has 0 saturated carbocycles. The molecule has 0 aliphatic heterocycles. The maximum atomic E-state index is 9.56. The van der Waals surface area contributed by atoms with Crippen LogP contribution in [0.15, 0.2) is 24.3 Å². The van der Waals surface area contributed by atoms with E-state index in [1.165, 1.54) is 0 Å². The summed E-state index contributed by atoms with van der Waals surface area (Å²) in [6, 6.07) is 7.89. The van der Waals surface area contributed by atoms with Crippen LogP contribution in [0.25, 0.3) is 0 Å². The van der Waals surface area contributed by atoms with Crippen LogP contribution in [0.5, 0.6) is 0 Å². The summed E-state index contributed by atoms with van der Waals surface area (Å²) in [6.07, 6.45) is 0.363. The van der Waals surface area contributed by atoms with Crippen LogP contribution in [-0.2, 0) is 6.42 Å². The van der Waals surface area contributed by atoms with Crippen LogP contribution in [0, 0.1) is 0 Å². The highest BCUT2D eigenvalue weighted by atomic mass is 16.3. The minimum atomic E-state index is -0.423. The minimum Gasteiger partial charge on any atom is -0.389 e. The van der Waals surface area contributed by atoms with Crippen molar-refractivity contribution in [3.63, 3.8) is 0 Å². The number of aliphatic hydroxyl groups excluding tert-OH is 1. The van der Waals surface area contributed by atoms with Crippen molar-refractivity contribution < 1.29 is 5.11 Å². The Balaban J connectivity index is 2.96. The van der Waals surface area contributed by atoms with Gasteiger partial charge in [0.25, 0.3) is 0 Å². The van der Waals surface area contributed by atoms with Gasteiger partial charge in [-0.25, -0.2) is 0 Å². The zero-order valence-corrected chi connectivity index (χ0v) is 9.12. The Morgan fingerprint density at radius 1 is 1.36 bits per heavy atom. The molecule has 78 valence electrons. The lowest BCUT2D eigenvalue weighted by molar-refractivity contribution is 0.197. The summed E-state index contributed by atoms with van der Waals surface area (Å²) in [5, 5.41) is 9.56. The van der Waals surface area contributed by atoms with Crippen molar-refractivity contribution in [2.45, 2.75) is 38.8 Å². The number of benzene rings is 1. The van der Waals surface area contributed by atoms with E-state index in [-0.39, 0.29) is 5.54 Å². The second kappa shape index (κ2) is 4.11. The van der Waals surface area contributed by atoms with E-state index >= 15 is 0 Å². The Hall–Kier alpha value is -0.860. The van der Waals surface area contributed by atoms with Crippen molar-refractivity contribution >= 4 is 0 Å². The van der Waals surface area contributed by atoms with Crippen LogP contribution in [0.1, 0.15) is 38.0 Å². The van der Waals surface area contributed by atoms with E-state index in [2.05, 4.69) is 0 Å². The van der Waals surface area contributed by atoms with Crippen molar-refractivity contribution in [2.24, 2.45) is 5.73 Å². The molecule has 1 atom stereocenters. The normalized spacial score (nSPS) is 14.1. The van der Waals surface area contributed by atoms with Crippen LogP contribution in [0.2, 0.25) is 0 Å². The molecule has 14 heavy (non-hydrogen) atoms. The topological polar surface area (TPSA) is 46.2 Å². The lowest BCUT2D eigenvalue weighted by Crippen LogP contribution is -2.34. The fraction of sp³-hybridized carbons (Fsp3) is 0.500. The van der Waals surface area contributed by atoms with Crippen LogP contribution in [-0.4, -0.2) is 10.6 Å². The Kier molecular flexibility index (Phi) is 3.29. The van der Waals surface area contributed by atoms with Gasteiger partial charge in [0.15, 0.2) is 0 Å². The molecule has 0 aromatic heterocycles. The third-order valence-electron chi connectivity index (χ3n) is 2.15. The van der Waals surface area contributed by atoms with E-state index in [0.29, 0.717) is 0 Å². The molecular weight excluding hydrogens is 174 g/mol. The molecule has 0 amide bonds. The van der Waals surface area contributed by atoms with Crippen LogP contribution >= 0.6 is 0 Å². The fourth-order valence-corrected chi connectivity index (χ4v) is 1.59. The quantitative estimate of drug-likeness (QED) is 0.771. The predicted octanol–water partition coefficient (Wildman–Crippen LogP) is 2.02. The summed E-state index contributed by atoms with van der Waals surface area (Å²) in [5.74, 6) is 0. The van der Waals surface area contributed by atoms with E-state index in [1.807, 2.05) is 38.1 Å². The second-order valence-electron chi connectivity index (χ2n) is 4.54. The number of hydrogen-bond donors (Lipinski definition) is 2. The van der Waals surface area contributed by atoms with Crippen LogP contribution < -0.4 is 5.73 Å². The number of hydrogen-bond acceptors (Lipinski definition) is 2. The van der Waals surface area contributed by atoms with Gasteiger partial charge in [0, 0.05) is 5.54 Å². The first-order valence-electron chi connectivity index (χ1n) is 4.95. The summed E-state index contributed by atoms with van der Waals surface area (Å²) < 4.78 is 0. The SMILES string of the molecule is CC(O)c1ccccc1CC(C)(C)N. The predicted molar refractivity (Wildman–Crippen MR) is 59.0 cm³/mol. The number of rotatable bonds is 3. The van der Waals surface area contributed by atoms with Gasteiger partial charge in [-0.15, -0.1) is 0 Å². The maximum Gasteiger partial charge on any atom is 0.0764 e. The summed E-state index contributed by atoms with van der Waals surface area (Å²) in [4.78, 5) is 0. The molecule has 1 unspecified atom stereocenters. The maximum absolute atomic E-state index is 9.56. The lowest BCUT2D eigenvalue weighted by atomic mass is 9.91. The summed E-state index contributed by atoms with van der Waals surface area (Å²) >= 11 is 0. The van der Waals surface area contributed by atoms with Crippen molar-refractivity contribution in [1.82, 2.24) is 0 Å². The van der Waals surface area contributed by atoms with E-state index in [0.717, 1.165) is 17.5 Å². The standard InChI is InChI=1S/C12H19NO/c1-9(14)11-7-5-4-6-10(11)8-12(2,3)13/h4-7,9,14H,8,13H2,1-3H3. The second-order valence-corrected chi connectivity index (χ2v) is 4.54. The van der Waals surface area contributed by atoms with E-state index < -0.39 is 6.10 Å². The first-order chi connectivity index (χ1) is 6.40. The largest absolute Gasteiger partial charge is 0.389 e. The Morgan fingerprint density at radius 2 is 1.93 bits per heavy atom. The first kappa shape index (κ1) is 11.2. The van der Waals surface area contributed by atoms with E-state index in [1.54, 1.807) is 6.92 Å². The zero-order valence-electron chi connectivity index (χ0n) is 9.12. The Labute approximate surface area is 85.8 Å². The number of aliphatic hydroxyl groups is 1. The molecule has 0 fully saturated rings. The van der Waals surface area contributed by atoms with Crippen LogP contribution in [0.3, 0.4) is 0 Å². The molecule has 1 aromatic carbocycles. The highest BCUT2D eigenvalue weighted by molar-refractivity contribution is 5.30. The van der Waals surface area contributed by atoms with Gasteiger partial charge in [0.2, 0.25) is 0 Å². The van der Waals surface area contributed by atoms with Gasteiger partial charge in [-0.05, 0) is 38.3 Å². The van der Waals surface area contributed by atoms with Crippen molar-refractivity contribution in [3.05, 3.63) is 35.4 Å². The van der Waals surface area contributed by atoms with Gasteiger partial charge in [-0.3, -0.25) is 0 Å². The minimum absolute atomic E-state index is 0.231. The molecule has 0 radical (unpaired) electrons. The van der Waals surface area contributed by atoms with Crippen molar-refractivity contribution in [3.8, 4) is 0 Å². The van der Waals surface area contributed by atoms with E-state index in [4.69, 9.17) is 5.73 Å². The lowest BCUT2D eigenvalue weighted by Gasteiger charge is -2.21. The van der Waals surface area contributed by atoms with Gasteiger partial charge < -0.3 is 10.8 Å². The average Bonchev–Trinajstić information content (AvgIpc) is 2.01. The van der Waals surface area contributed by atoms with Gasteiger partial charge in [-0.1, -0.05) is 24.3 Å². The molecule has 2 heteroatoms. The monoisotopic (exact) mass is 193 g/mol. The third kappa shape index (κ3) is 3.13. The molecule has 1 rings (SSSR count). The highest BCUT2D eigenvalue weighted by Gasteiger charge is 2.15. The third-order valence-corrected chi connectivity index (χ3v) is 2.15. The molecule has 1 aromatic rings. The average molecular weight is 193 g/mol. The van der Waals surface area contributed by atoms with Gasteiger partial charge in [0.1, 0.15) is 0 Å². The van der Waals surface area contributed by atoms with E-state index in [9.17, 15) is 5.11 Å². The summed E-state index contributed by atoms with van der Waals surface area (Å²) in [6.45, 7) is 5.76. The molecule has 0 heterocycles. The molecular formula is C12H19NO. The smallest absolute Gasteiger partial charge is 0.0764 e. The van der Waals surface area contributed by atoms with Gasteiger partial charge >= 0.3 is 0 Å². The zero-order chi connectivity index (χ0) is 10.8. The summed E-state index contributed by atoms with van der Waals surface area (Å²) in [7, 11) is 0. The molecule has 0 spiro atoms. The highest BCUT2D eigenvalue weighted by Crippen LogP contribution is 2.20. The molecule has 0 saturated heterocycles. The molecule has 0 aliphatic carbocycles. The molecule has 0 aliphatic rings. The van der Waals surface area contributed by atoms with Gasteiger partial charge in [-0.2, -0.15) is 0 Å². The Bertz CT molecular complexity index is 299. The number of nitrogens with two attached hydrogens (primary N) is 1. The van der Waals surface area contributed by atoms with Crippen molar-refractivity contribution in [2.75, 3.05) is 0 Å². The molecule has 0 bridgehead atoms. The fourth-order valence-electron chi connectivity index (χ4n) is 1.59. The van der Waals surface area contributed by atoms with Crippen LogP contribution in [0.4, 0.5) is 0 Å². The Morgan fingerprint density at radius 3 is 2.43 bits per heavy atom.